The van der Waals surface area contributed by atoms with E-state index in [0.717, 1.165) is 22.3 Å². The molecule has 0 amide bonds. The van der Waals surface area contributed by atoms with Gasteiger partial charge >= 0.3 is 0 Å². The van der Waals surface area contributed by atoms with Gasteiger partial charge in [-0.3, -0.25) is 10.1 Å². The Morgan fingerprint density at radius 3 is 1.94 bits per heavy atom. The van der Waals surface area contributed by atoms with Crippen LogP contribution in [0.1, 0.15) is 17.5 Å². The van der Waals surface area contributed by atoms with Crippen LogP contribution in [0.5, 0.6) is 0 Å². The van der Waals surface area contributed by atoms with Crippen LogP contribution in [0, 0.1) is 10.1 Å². The van der Waals surface area contributed by atoms with E-state index in [1.165, 1.54) is 0 Å². The van der Waals surface area contributed by atoms with Gasteiger partial charge in [0.1, 0.15) is 0 Å². The van der Waals surface area contributed by atoms with Crippen molar-refractivity contribution in [3.8, 4) is 11.1 Å². The molecule has 88 valence electrons. The summed E-state index contributed by atoms with van der Waals surface area (Å²) in [6.45, 7) is 0. The summed E-state index contributed by atoms with van der Waals surface area (Å²) in [4.78, 5) is 11.0. The van der Waals surface area contributed by atoms with Gasteiger partial charge in [0.15, 0.2) is 0 Å². The zero-order valence-electron chi connectivity index (χ0n) is 9.67. The lowest BCUT2D eigenvalue weighted by Gasteiger charge is -2.09. The Labute approximate surface area is 104 Å². The van der Waals surface area contributed by atoms with E-state index in [-0.39, 0.29) is 10.3 Å². The summed E-state index contributed by atoms with van der Waals surface area (Å²) in [6, 6.07) is 15.7. The Kier molecular flexibility index (Phi) is 1.63. The van der Waals surface area contributed by atoms with E-state index in [4.69, 9.17) is 0 Å². The highest BCUT2D eigenvalue weighted by Gasteiger charge is 2.69. The quantitative estimate of drug-likeness (QED) is 0.565. The maximum Gasteiger partial charge on any atom is 0.228 e. The van der Waals surface area contributed by atoms with Crippen molar-refractivity contribution in [1.82, 2.24) is 0 Å². The van der Waals surface area contributed by atoms with Crippen LogP contribution in [-0.2, 0) is 5.41 Å². The van der Waals surface area contributed by atoms with Crippen LogP contribution in [-0.4, -0.2) is 11.0 Å². The molecule has 2 aliphatic rings. The van der Waals surface area contributed by atoms with E-state index >= 15 is 0 Å². The van der Waals surface area contributed by atoms with Crippen molar-refractivity contribution >= 4 is 0 Å². The first-order valence-electron chi connectivity index (χ1n) is 6.08. The summed E-state index contributed by atoms with van der Waals surface area (Å²) in [6.07, 6.45) is 0.633. The second-order valence-corrected chi connectivity index (χ2v) is 5.07. The van der Waals surface area contributed by atoms with E-state index in [1.54, 1.807) is 0 Å². The second-order valence-electron chi connectivity index (χ2n) is 5.07. The van der Waals surface area contributed by atoms with Crippen LogP contribution in [0.3, 0.4) is 0 Å². The number of hydrogen-bond acceptors (Lipinski definition) is 2. The molecule has 0 aliphatic heterocycles. The van der Waals surface area contributed by atoms with Gasteiger partial charge in [-0.15, -0.1) is 0 Å². The standard InChI is InChI=1S/C15H11NO2/c17-16(18)14-9-15(14)12-7-3-1-5-10(12)11-6-2-4-8-13(11)15/h1-8,14H,9H2. The number of benzene rings is 2. The van der Waals surface area contributed by atoms with Crippen LogP contribution in [0.2, 0.25) is 0 Å². The lowest BCUT2D eigenvalue weighted by Crippen LogP contribution is -2.17. The van der Waals surface area contributed by atoms with Gasteiger partial charge in [-0.1, -0.05) is 48.5 Å². The molecule has 0 heterocycles. The Morgan fingerprint density at radius 1 is 1.00 bits per heavy atom. The summed E-state index contributed by atoms with van der Waals surface area (Å²) < 4.78 is 0. The van der Waals surface area contributed by atoms with Crippen molar-refractivity contribution < 1.29 is 4.92 Å². The highest BCUT2D eigenvalue weighted by atomic mass is 16.6. The molecule has 0 bridgehead atoms. The molecule has 1 unspecified atom stereocenters. The fraction of sp³-hybridized carbons (Fsp3) is 0.200. The molecule has 0 aromatic heterocycles. The van der Waals surface area contributed by atoms with Crippen molar-refractivity contribution in [2.45, 2.75) is 17.9 Å². The van der Waals surface area contributed by atoms with Crippen LogP contribution < -0.4 is 0 Å². The fourth-order valence-electron chi connectivity index (χ4n) is 3.44. The van der Waals surface area contributed by atoms with Gasteiger partial charge < -0.3 is 0 Å². The lowest BCUT2D eigenvalue weighted by molar-refractivity contribution is -0.498. The van der Waals surface area contributed by atoms with Gasteiger partial charge in [0.25, 0.3) is 0 Å². The summed E-state index contributed by atoms with van der Waals surface area (Å²) >= 11 is 0. The third kappa shape index (κ3) is 0.957. The molecule has 0 saturated heterocycles. The molecule has 0 radical (unpaired) electrons. The number of rotatable bonds is 1. The molecule has 1 atom stereocenters. The molecular formula is C15H11NO2. The molecule has 4 rings (SSSR count). The first kappa shape index (κ1) is 9.83. The second kappa shape index (κ2) is 2.99. The summed E-state index contributed by atoms with van der Waals surface area (Å²) in [5, 5.41) is 11.1. The average Bonchev–Trinajstić information content (AvgIpc) is 3.09. The molecule has 1 spiro atoms. The molecule has 3 nitrogen and oxygen atoms in total. The Hall–Kier alpha value is -2.16. The number of nitro groups is 1. The molecule has 2 aromatic carbocycles. The summed E-state index contributed by atoms with van der Waals surface area (Å²) in [7, 11) is 0. The third-order valence-electron chi connectivity index (χ3n) is 4.28. The molecule has 2 aliphatic carbocycles. The van der Waals surface area contributed by atoms with E-state index in [9.17, 15) is 10.1 Å². The van der Waals surface area contributed by atoms with Crippen molar-refractivity contribution in [2.24, 2.45) is 0 Å². The van der Waals surface area contributed by atoms with Crippen LogP contribution in [0.25, 0.3) is 11.1 Å². The van der Waals surface area contributed by atoms with Crippen LogP contribution in [0.15, 0.2) is 48.5 Å². The van der Waals surface area contributed by atoms with Crippen LogP contribution in [0.4, 0.5) is 0 Å². The minimum Gasteiger partial charge on any atom is -0.264 e. The smallest absolute Gasteiger partial charge is 0.228 e. The molecule has 18 heavy (non-hydrogen) atoms. The molecule has 0 N–H and O–H groups in total. The molecule has 3 heteroatoms. The van der Waals surface area contributed by atoms with Gasteiger partial charge in [0, 0.05) is 11.3 Å². The SMILES string of the molecule is O=[N+]([O-])C1CC12c1ccccc1-c1ccccc12. The molecule has 2 aromatic rings. The maximum atomic E-state index is 11.1. The molecular weight excluding hydrogens is 226 g/mol. The number of fused-ring (bicyclic) bond motifs is 5. The maximum absolute atomic E-state index is 11.1. The average molecular weight is 237 g/mol. The van der Waals surface area contributed by atoms with Crippen molar-refractivity contribution in [2.75, 3.05) is 0 Å². The largest absolute Gasteiger partial charge is 0.264 e. The molecule has 1 fully saturated rings. The number of nitrogens with zero attached hydrogens (tertiary/aromatic N) is 1. The van der Waals surface area contributed by atoms with Gasteiger partial charge in [0.05, 0.1) is 5.41 Å². The highest BCUT2D eigenvalue weighted by Crippen LogP contribution is 2.63. The zero-order chi connectivity index (χ0) is 12.3. The predicted molar refractivity (Wildman–Crippen MR) is 68.1 cm³/mol. The Balaban J connectivity index is 2.03. The van der Waals surface area contributed by atoms with E-state index < -0.39 is 6.04 Å². The first-order valence-corrected chi connectivity index (χ1v) is 6.08. The van der Waals surface area contributed by atoms with Gasteiger partial charge in [-0.2, -0.15) is 0 Å². The monoisotopic (exact) mass is 237 g/mol. The minimum absolute atomic E-state index is 0.126. The summed E-state index contributed by atoms with van der Waals surface area (Å²) in [5.41, 5.74) is 4.24. The van der Waals surface area contributed by atoms with Gasteiger partial charge in [0.2, 0.25) is 6.04 Å². The topological polar surface area (TPSA) is 43.1 Å². The minimum atomic E-state index is -0.456. The van der Waals surface area contributed by atoms with E-state index in [0.29, 0.717) is 6.42 Å². The van der Waals surface area contributed by atoms with Crippen molar-refractivity contribution in [1.29, 1.82) is 0 Å². The van der Waals surface area contributed by atoms with E-state index in [1.807, 2.05) is 36.4 Å². The van der Waals surface area contributed by atoms with E-state index in [2.05, 4.69) is 12.1 Å². The third-order valence-corrected chi connectivity index (χ3v) is 4.28. The van der Waals surface area contributed by atoms with Crippen molar-refractivity contribution in [3.63, 3.8) is 0 Å². The van der Waals surface area contributed by atoms with Gasteiger partial charge in [-0.05, 0) is 22.3 Å². The summed E-state index contributed by atoms with van der Waals surface area (Å²) in [5.74, 6) is 0. The number of hydrogen-bond donors (Lipinski definition) is 0. The normalized spacial score (nSPS) is 21.4. The van der Waals surface area contributed by atoms with Gasteiger partial charge in [-0.25, -0.2) is 0 Å². The van der Waals surface area contributed by atoms with Crippen molar-refractivity contribution in [3.05, 3.63) is 69.8 Å². The Bertz CT molecular complexity index is 632. The lowest BCUT2D eigenvalue weighted by atomic mass is 9.93. The first-order chi connectivity index (χ1) is 8.75. The molecule has 1 saturated carbocycles. The zero-order valence-corrected chi connectivity index (χ0v) is 9.67. The fourth-order valence-corrected chi connectivity index (χ4v) is 3.44. The highest BCUT2D eigenvalue weighted by molar-refractivity contribution is 5.83. The van der Waals surface area contributed by atoms with Crippen LogP contribution >= 0.6 is 0 Å². The predicted octanol–water partition coefficient (Wildman–Crippen LogP) is 3.00. The Morgan fingerprint density at radius 2 is 1.50 bits per heavy atom.